The third-order valence-corrected chi connectivity index (χ3v) is 8.50. The normalized spacial score (nSPS) is 14.7. The predicted molar refractivity (Wildman–Crippen MR) is 163 cm³/mol. The molecular formula is C30H26BrN3O8S. The number of aryl methyl sites for hydroxylation is 1. The number of methoxy groups -OCH3 is 2. The quantitative estimate of drug-likeness (QED) is 0.145. The number of hydrogen-bond acceptors (Lipinski definition) is 10. The lowest BCUT2D eigenvalue weighted by molar-refractivity contribution is -0.384. The van der Waals surface area contributed by atoms with Crippen molar-refractivity contribution in [3.05, 3.63) is 105 Å². The molecule has 1 atom stereocenters. The van der Waals surface area contributed by atoms with Gasteiger partial charge in [0.2, 0.25) is 0 Å². The minimum atomic E-state index is -0.894. The number of benzene rings is 2. The standard InChI is InChI=1S/C30H26BrN3O8S/c1-6-41-29(36)26-16(3)32-30-33(27(26)19-13-23(39-4)24(40-5)14-20(19)31)28(35)25(43-30)12-17-8-10-22(42-17)18-9-7-15(2)11-21(18)34(37)38/h7-14,27H,6H2,1-5H3/b25-12-. The van der Waals surface area contributed by atoms with Crippen molar-refractivity contribution in [3.8, 4) is 22.8 Å². The van der Waals surface area contributed by atoms with Crippen LogP contribution in [0.25, 0.3) is 17.4 Å². The maximum atomic E-state index is 14.0. The van der Waals surface area contributed by atoms with Crippen LogP contribution in [-0.2, 0) is 9.53 Å². The van der Waals surface area contributed by atoms with E-state index in [1.807, 2.05) is 0 Å². The fourth-order valence-electron chi connectivity index (χ4n) is 4.87. The molecule has 2 aromatic carbocycles. The maximum absolute atomic E-state index is 14.0. The largest absolute Gasteiger partial charge is 0.493 e. The molecule has 1 aliphatic heterocycles. The van der Waals surface area contributed by atoms with Gasteiger partial charge in [-0.2, -0.15) is 0 Å². The van der Waals surface area contributed by atoms with Gasteiger partial charge in [-0.25, -0.2) is 9.79 Å². The number of nitro benzene ring substituents is 1. The van der Waals surface area contributed by atoms with Crippen LogP contribution in [0.1, 0.15) is 36.8 Å². The molecule has 3 heterocycles. The van der Waals surface area contributed by atoms with E-state index in [1.165, 1.54) is 24.9 Å². The summed E-state index contributed by atoms with van der Waals surface area (Å²) in [5.74, 6) is 0.888. The molecule has 5 rings (SSSR count). The van der Waals surface area contributed by atoms with Crippen molar-refractivity contribution in [3.63, 3.8) is 0 Å². The van der Waals surface area contributed by atoms with E-state index in [0.29, 0.717) is 49.1 Å². The van der Waals surface area contributed by atoms with Gasteiger partial charge in [-0.15, -0.1) is 0 Å². The molecule has 0 aliphatic carbocycles. The van der Waals surface area contributed by atoms with Crippen LogP contribution in [0.5, 0.6) is 11.5 Å². The lowest BCUT2D eigenvalue weighted by Gasteiger charge is -2.26. The lowest BCUT2D eigenvalue weighted by atomic mass is 9.95. The van der Waals surface area contributed by atoms with Crippen LogP contribution in [-0.4, -0.2) is 36.3 Å². The molecule has 0 bridgehead atoms. The van der Waals surface area contributed by atoms with Crippen LogP contribution in [0, 0.1) is 17.0 Å². The smallest absolute Gasteiger partial charge is 0.338 e. The van der Waals surface area contributed by atoms with E-state index < -0.39 is 22.5 Å². The SMILES string of the molecule is CCOC(=O)C1=C(C)N=c2s/c(=C\c3ccc(-c4ccc(C)cc4[N+](=O)[O-])o3)c(=O)n2C1c1cc(OC)c(OC)cc1Br. The van der Waals surface area contributed by atoms with Crippen molar-refractivity contribution in [1.82, 2.24) is 4.57 Å². The Hall–Kier alpha value is -4.49. The highest BCUT2D eigenvalue weighted by molar-refractivity contribution is 9.10. The minimum Gasteiger partial charge on any atom is -0.493 e. The average molecular weight is 669 g/mol. The molecule has 0 saturated heterocycles. The summed E-state index contributed by atoms with van der Waals surface area (Å²) in [5.41, 5.74) is 1.76. The monoisotopic (exact) mass is 667 g/mol. The van der Waals surface area contributed by atoms with E-state index in [0.717, 1.165) is 16.9 Å². The van der Waals surface area contributed by atoms with Gasteiger partial charge in [0, 0.05) is 16.6 Å². The number of allylic oxidation sites excluding steroid dienone is 1. The summed E-state index contributed by atoms with van der Waals surface area (Å²) >= 11 is 4.71. The lowest BCUT2D eigenvalue weighted by Crippen LogP contribution is -2.40. The van der Waals surface area contributed by atoms with Crippen molar-refractivity contribution in [2.75, 3.05) is 20.8 Å². The van der Waals surface area contributed by atoms with Gasteiger partial charge in [0.05, 0.1) is 53.2 Å². The Morgan fingerprint density at radius 1 is 1.16 bits per heavy atom. The van der Waals surface area contributed by atoms with E-state index in [1.54, 1.807) is 63.2 Å². The van der Waals surface area contributed by atoms with Gasteiger partial charge in [-0.1, -0.05) is 33.3 Å². The summed E-state index contributed by atoms with van der Waals surface area (Å²) in [6.07, 6.45) is 1.55. The van der Waals surface area contributed by atoms with Crippen LogP contribution in [0.4, 0.5) is 5.69 Å². The van der Waals surface area contributed by atoms with E-state index in [-0.39, 0.29) is 22.4 Å². The van der Waals surface area contributed by atoms with Crippen molar-refractivity contribution in [1.29, 1.82) is 0 Å². The molecule has 1 aliphatic rings. The van der Waals surface area contributed by atoms with E-state index >= 15 is 0 Å². The summed E-state index contributed by atoms with van der Waals surface area (Å²) in [6, 6.07) is 10.6. The molecule has 13 heteroatoms. The van der Waals surface area contributed by atoms with Crippen LogP contribution in [0.2, 0.25) is 0 Å². The highest BCUT2D eigenvalue weighted by Crippen LogP contribution is 2.41. The van der Waals surface area contributed by atoms with Crippen molar-refractivity contribution >= 4 is 45.0 Å². The number of halogens is 1. The second-order valence-corrected chi connectivity index (χ2v) is 11.4. The molecule has 1 unspecified atom stereocenters. The molecule has 0 spiro atoms. The molecule has 0 saturated carbocycles. The fraction of sp³-hybridized carbons (Fsp3) is 0.233. The Labute approximate surface area is 257 Å². The van der Waals surface area contributed by atoms with Gasteiger partial charge in [0.25, 0.3) is 11.2 Å². The molecule has 0 amide bonds. The van der Waals surface area contributed by atoms with Crippen LogP contribution in [0.15, 0.2) is 72.4 Å². The Morgan fingerprint density at radius 2 is 1.88 bits per heavy atom. The molecule has 2 aromatic heterocycles. The van der Waals surface area contributed by atoms with Crippen molar-refractivity contribution in [2.24, 2.45) is 4.99 Å². The summed E-state index contributed by atoms with van der Waals surface area (Å²) < 4.78 is 24.6. The summed E-state index contributed by atoms with van der Waals surface area (Å²) in [5, 5.41) is 11.6. The Kier molecular flexibility index (Phi) is 8.38. The molecule has 0 radical (unpaired) electrons. The zero-order valence-electron chi connectivity index (χ0n) is 23.8. The number of hydrogen-bond donors (Lipinski definition) is 0. The van der Waals surface area contributed by atoms with Gasteiger partial charge >= 0.3 is 5.97 Å². The van der Waals surface area contributed by atoms with Gasteiger partial charge in [-0.3, -0.25) is 19.5 Å². The highest BCUT2D eigenvalue weighted by atomic mass is 79.9. The van der Waals surface area contributed by atoms with Gasteiger partial charge in [0.1, 0.15) is 11.5 Å². The second kappa shape index (κ2) is 12.0. The molecule has 0 fully saturated rings. The summed E-state index contributed by atoms with van der Waals surface area (Å²) in [4.78, 5) is 43.4. The molecule has 0 N–H and O–H groups in total. The van der Waals surface area contributed by atoms with Gasteiger partial charge in [-0.05, 0) is 62.2 Å². The average Bonchev–Trinajstić information content (AvgIpc) is 3.56. The zero-order chi connectivity index (χ0) is 31.0. The first-order valence-corrected chi connectivity index (χ1v) is 14.6. The number of rotatable bonds is 8. The Bertz CT molecular complexity index is 1990. The number of carbonyl (C=O) groups is 1. The van der Waals surface area contributed by atoms with Crippen LogP contribution >= 0.6 is 27.3 Å². The highest BCUT2D eigenvalue weighted by Gasteiger charge is 2.35. The van der Waals surface area contributed by atoms with E-state index in [9.17, 15) is 19.7 Å². The Balaban J connectivity index is 1.68. The van der Waals surface area contributed by atoms with Crippen molar-refractivity contribution < 1.29 is 28.3 Å². The number of furan rings is 1. The summed E-state index contributed by atoms with van der Waals surface area (Å²) in [7, 11) is 3.01. The number of esters is 1. The number of ether oxygens (including phenoxy) is 3. The molecule has 222 valence electrons. The third kappa shape index (κ3) is 5.53. The number of thiazole rings is 1. The predicted octanol–water partition coefficient (Wildman–Crippen LogP) is 5.05. The third-order valence-electron chi connectivity index (χ3n) is 6.83. The molecule has 43 heavy (non-hydrogen) atoms. The first-order chi connectivity index (χ1) is 20.6. The van der Waals surface area contributed by atoms with Gasteiger partial charge < -0.3 is 18.6 Å². The topological polar surface area (TPSA) is 135 Å². The molecule has 4 aromatic rings. The first-order valence-electron chi connectivity index (χ1n) is 13.0. The minimum absolute atomic E-state index is 0.0808. The zero-order valence-corrected chi connectivity index (χ0v) is 26.2. The number of nitro groups is 1. The first kappa shape index (κ1) is 30.0. The number of nitrogens with zero attached hydrogens (tertiary/aromatic N) is 3. The number of carbonyl (C=O) groups excluding carboxylic acids is 1. The van der Waals surface area contributed by atoms with Crippen molar-refractivity contribution in [2.45, 2.75) is 26.8 Å². The second-order valence-electron chi connectivity index (χ2n) is 9.51. The number of fused-ring (bicyclic) bond motifs is 1. The van der Waals surface area contributed by atoms with Crippen LogP contribution < -0.4 is 24.4 Å². The number of aromatic nitrogens is 1. The van der Waals surface area contributed by atoms with Crippen LogP contribution in [0.3, 0.4) is 0 Å². The molecular weight excluding hydrogens is 642 g/mol. The molecule has 11 nitrogen and oxygen atoms in total. The Morgan fingerprint density at radius 3 is 2.56 bits per heavy atom. The fourth-order valence-corrected chi connectivity index (χ4v) is 6.44. The van der Waals surface area contributed by atoms with Gasteiger partial charge in [0.15, 0.2) is 16.3 Å². The maximum Gasteiger partial charge on any atom is 0.338 e. The van der Waals surface area contributed by atoms with E-state index in [2.05, 4.69) is 20.9 Å². The summed E-state index contributed by atoms with van der Waals surface area (Å²) in [6.45, 7) is 5.30. The van der Waals surface area contributed by atoms with E-state index in [4.69, 9.17) is 18.6 Å².